The molecule has 1 heterocycles. The van der Waals surface area contributed by atoms with Gasteiger partial charge in [0.2, 0.25) is 0 Å². The van der Waals surface area contributed by atoms with Crippen LogP contribution in [0.4, 0.5) is 11.4 Å². The fourth-order valence-electron chi connectivity index (χ4n) is 2.90. The highest BCUT2D eigenvalue weighted by atomic mass is 32.2. The van der Waals surface area contributed by atoms with Crippen LogP contribution < -0.4 is 5.32 Å². The minimum atomic E-state index is -0.448. The molecule has 1 aromatic heterocycles. The maximum absolute atomic E-state index is 12.6. The minimum absolute atomic E-state index is 0.00968. The van der Waals surface area contributed by atoms with Gasteiger partial charge < -0.3 is 5.32 Å². The molecule has 0 aliphatic heterocycles. The Kier molecular flexibility index (Phi) is 5.33. The lowest BCUT2D eigenvalue weighted by Crippen LogP contribution is -2.14. The maximum Gasteiger partial charge on any atom is 0.274 e. The lowest BCUT2D eigenvalue weighted by Gasteiger charge is -2.12. The lowest BCUT2D eigenvalue weighted by atomic mass is 10.1. The number of thioether (sulfide) groups is 1. The zero-order chi connectivity index (χ0) is 17.8. The van der Waals surface area contributed by atoms with E-state index in [1.165, 1.54) is 18.9 Å². The Balaban J connectivity index is 1.79. The van der Waals surface area contributed by atoms with E-state index in [1.807, 2.05) is 0 Å². The van der Waals surface area contributed by atoms with Crippen molar-refractivity contribution in [3.63, 3.8) is 0 Å². The van der Waals surface area contributed by atoms with E-state index in [0.29, 0.717) is 27.1 Å². The summed E-state index contributed by atoms with van der Waals surface area (Å²) >= 11 is 1.65. The molecule has 0 saturated heterocycles. The zero-order valence-corrected chi connectivity index (χ0v) is 14.7. The Morgan fingerprint density at radius 2 is 2.08 bits per heavy atom. The first-order valence-corrected chi connectivity index (χ1v) is 9.10. The molecule has 0 unspecified atom stereocenters. The van der Waals surface area contributed by atoms with Crippen molar-refractivity contribution in [2.45, 2.75) is 42.9 Å². The number of aromatic nitrogens is 1. The van der Waals surface area contributed by atoms with Crippen LogP contribution in [0, 0.1) is 17.0 Å². The van der Waals surface area contributed by atoms with Gasteiger partial charge in [-0.3, -0.25) is 14.9 Å². The van der Waals surface area contributed by atoms with Crippen molar-refractivity contribution in [1.29, 1.82) is 0 Å². The van der Waals surface area contributed by atoms with E-state index in [-0.39, 0.29) is 11.6 Å². The molecule has 2 aromatic rings. The first-order valence-electron chi connectivity index (χ1n) is 8.22. The van der Waals surface area contributed by atoms with Gasteiger partial charge in [0.1, 0.15) is 5.03 Å². The van der Waals surface area contributed by atoms with E-state index in [1.54, 1.807) is 49.1 Å². The van der Waals surface area contributed by atoms with Crippen molar-refractivity contribution in [2.75, 3.05) is 5.32 Å². The molecule has 1 fully saturated rings. The van der Waals surface area contributed by atoms with Gasteiger partial charge in [-0.15, -0.1) is 11.8 Å². The summed E-state index contributed by atoms with van der Waals surface area (Å²) in [7, 11) is 0. The minimum Gasteiger partial charge on any atom is -0.322 e. The summed E-state index contributed by atoms with van der Waals surface area (Å²) in [4.78, 5) is 27.6. The van der Waals surface area contributed by atoms with Crippen LogP contribution in [0.1, 0.15) is 41.6 Å². The normalized spacial score (nSPS) is 14.4. The van der Waals surface area contributed by atoms with Crippen LogP contribution in [0.5, 0.6) is 0 Å². The molecule has 0 radical (unpaired) electrons. The standard InChI is InChI=1S/C18H19N3O3S/c1-12-8-9-13(11-16(12)21(23)24)20-17(22)15-7-4-10-19-18(15)25-14-5-2-3-6-14/h4,7-11,14H,2-3,5-6H2,1H3,(H,20,22). The number of benzene rings is 1. The van der Waals surface area contributed by atoms with Crippen LogP contribution >= 0.6 is 11.8 Å². The van der Waals surface area contributed by atoms with Gasteiger partial charge in [-0.05, 0) is 38.0 Å². The molecule has 1 aromatic carbocycles. The Morgan fingerprint density at radius 1 is 1.32 bits per heavy atom. The van der Waals surface area contributed by atoms with E-state index in [9.17, 15) is 14.9 Å². The van der Waals surface area contributed by atoms with Crippen LogP contribution in [-0.2, 0) is 0 Å². The molecule has 1 N–H and O–H groups in total. The fraction of sp³-hybridized carbons (Fsp3) is 0.333. The monoisotopic (exact) mass is 357 g/mol. The number of hydrogen-bond donors (Lipinski definition) is 1. The Hall–Kier alpha value is -2.41. The molecule has 25 heavy (non-hydrogen) atoms. The van der Waals surface area contributed by atoms with Crippen LogP contribution in [0.15, 0.2) is 41.6 Å². The van der Waals surface area contributed by atoms with Gasteiger partial charge in [-0.25, -0.2) is 4.98 Å². The number of nitrogens with one attached hydrogen (secondary N) is 1. The number of nitro benzene ring substituents is 1. The van der Waals surface area contributed by atoms with Crippen molar-refractivity contribution >= 4 is 29.0 Å². The van der Waals surface area contributed by atoms with Crippen molar-refractivity contribution in [2.24, 2.45) is 0 Å². The molecular formula is C18H19N3O3S. The summed E-state index contributed by atoms with van der Waals surface area (Å²) < 4.78 is 0. The van der Waals surface area contributed by atoms with Gasteiger partial charge >= 0.3 is 0 Å². The molecule has 6 nitrogen and oxygen atoms in total. The van der Waals surface area contributed by atoms with Crippen molar-refractivity contribution in [3.8, 4) is 0 Å². The third-order valence-electron chi connectivity index (χ3n) is 4.26. The highest BCUT2D eigenvalue weighted by molar-refractivity contribution is 7.99. The van der Waals surface area contributed by atoms with Gasteiger partial charge in [-0.1, -0.05) is 18.9 Å². The van der Waals surface area contributed by atoms with Gasteiger partial charge in [0, 0.05) is 28.8 Å². The van der Waals surface area contributed by atoms with E-state index in [4.69, 9.17) is 0 Å². The maximum atomic E-state index is 12.6. The third kappa shape index (κ3) is 4.17. The quantitative estimate of drug-likeness (QED) is 0.625. The molecule has 0 atom stereocenters. The van der Waals surface area contributed by atoms with Gasteiger partial charge in [0.15, 0.2) is 0 Å². The van der Waals surface area contributed by atoms with Crippen molar-refractivity contribution in [3.05, 3.63) is 57.8 Å². The van der Waals surface area contributed by atoms with E-state index in [2.05, 4.69) is 10.3 Å². The van der Waals surface area contributed by atoms with E-state index >= 15 is 0 Å². The number of amides is 1. The summed E-state index contributed by atoms with van der Waals surface area (Å²) in [6.07, 6.45) is 6.42. The smallest absolute Gasteiger partial charge is 0.274 e. The van der Waals surface area contributed by atoms with Crippen molar-refractivity contribution < 1.29 is 9.72 Å². The predicted molar refractivity (Wildman–Crippen MR) is 98.1 cm³/mol. The molecular weight excluding hydrogens is 338 g/mol. The van der Waals surface area contributed by atoms with Crippen LogP contribution in [-0.4, -0.2) is 21.1 Å². The van der Waals surface area contributed by atoms with Gasteiger partial charge in [-0.2, -0.15) is 0 Å². The number of rotatable bonds is 5. The molecule has 1 saturated carbocycles. The van der Waals surface area contributed by atoms with Crippen LogP contribution in [0.2, 0.25) is 0 Å². The third-order valence-corrected chi connectivity index (χ3v) is 5.61. The second-order valence-corrected chi connectivity index (χ2v) is 7.38. The second-order valence-electron chi connectivity index (χ2n) is 6.09. The number of carbonyl (C=O) groups excluding carboxylic acids is 1. The number of nitro groups is 1. The molecule has 1 amide bonds. The highest BCUT2D eigenvalue weighted by Gasteiger charge is 2.21. The van der Waals surface area contributed by atoms with E-state index in [0.717, 1.165) is 12.8 Å². The second kappa shape index (κ2) is 7.65. The summed E-state index contributed by atoms with van der Waals surface area (Å²) in [6.45, 7) is 1.67. The average Bonchev–Trinajstić information content (AvgIpc) is 3.10. The largest absolute Gasteiger partial charge is 0.322 e. The molecule has 7 heteroatoms. The molecule has 130 valence electrons. The van der Waals surface area contributed by atoms with Crippen LogP contribution in [0.25, 0.3) is 0 Å². The predicted octanol–water partition coefficient (Wildman–Crippen LogP) is 4.59. The van der Waals surface area contributed by atoms with E-state index < -0.39 is 4.92 Å². The fourth-order valence-corrected chi connectivity index (χ4v) is 4.20. The Labute approximate surface area is 150 Å². The molecule has 0 spiro atoms. The van der Waals surface area contributed by atoms with Crippen LogP contribution in [0.3, 0.4) is 0 Å². The molecule has 3 rings (SSSR count). The first kappa shape index (κ1) is 17.4. The number of hydrogen-bond acceptors (Lipinski definition) is 5. The number of nitrogens with zero attached hydrogens (tertiary/aromatic N) is 2. The first-order chi connectivity index (χ1) is 12.0. The number of aryl methyl sites for hydroxylation is 1. The van der Waals surface area contributed by atoms with Crippen molar-refractivity contribution in [1.82, 2.24) is 4.98 Å². The zero-order valence-electron chi connectivity index (χ0n) is 13.9. The summed E-state index contributed by atoms with van der Waals surface area (Å²) in [5, 5.41) is 15.0. The SMILES string of the molecule is Cc1ccc(NC(=O)c2cccnc2SC2CCCC2)cc1[N+](=O)[O-]. The molecule has 1 aliphatic rings. The molecule has 0 bridgehead atoms. The Bertz CT molecular complexity index is 804. The Morgan fingerprint density at radius 3 is 2.80 bits per heavy atom. The van der Waals surface area contributed by atoms with Gasteiger partial charge in [0.25, 0.3) is 11.6 Å². The summed E-state index contributed by atoms with van der Waals surface area (Å²) in [6, 6.07) is 8.15. The number of anilines is 1. The number of pyridine rings is 1. The summed E-state index contributed by atoms with van der Waals surface area (Å²) in [5.74, 6) is -0.299. The number of carbonyl (C=O) groups is 1. The lowest BCUT2D eigenvalue weighted by molar-refractivity contribution is -0.385. The topological polar surface area (TPSA) is 85.1 Å². The summed E-state index contributed by atoms with van der Waals surface area (Å²) in [5.41, 5.74) is 1.46. The average molecular weight is 357 g/mol. The highest BCUT2D eigenvalue weighted by Crippen LogP contribution is 2.35. The van der Waals surface area contributed by atoms with Gasteiger partial charge in [0.05, 0.1) is 10.5 Å². The molecule has 1 aliphatic carbocycles.